The molecule has 5 heteroatoms. The zero-order valence-electron chi connectivity index (χ0n) is 12.6. The maximum absolute atomic E-state index is 11.4. The standard InChI is InChI=1S/C18H15N3O2/c1-23-17(22)13-12-16-18(14-8-4-2-5-9-14)19-20-21(16)15-10-6-3-7-11-15/h2-13H,1H3/b13-12+. The molecule has 114 valence electrons. The lowest BCUT2D eigenvalue weighted by Gasteiger charge is -2.04. The van der Waals surface area contributed by atoms with Crippen LogP contribution in [0.25, 0.3) is 23.0 Å². The zero-order chi connectivity index (χ0) is 16.1. The van der Waals surface area contributed by atoms with E-state index in [1.54, 1.807) is 10.8 Å². The highest BCUT2D eigenvalue weighted by Crippen LogP contribution is 2.24. The highest BCUT2D eigenvalue weighted by molar-refractivity contribution is 5.88. The first-order valence-corrected chi connectivity index (χ1v) is 7.12. The van der Waals surface area contributed by atoms with Gasteiger partial charge in [0.25, 0.3) is 0 Å². The minimum atomic E-state index is -0.426. The highest BCUT2D eigenvalue weighted by atomic mass is 16.5. The van der Waals surface area contributed by atoms with Crippen LogP contribution in [0.5, 0.6) is 0 Å². The van der Waals surface area contributed by atoms with E-state index in [1.807, 2.05) is 60.7 Å². The topological polar surface area (TPSA) is 57.0 Å². The van der Waals surface area contributed by atoms with Crippen LogP contribution in [0.3, 0.4) is 0 Å². The average Bonchev–Trinajstić information content (AvgIpc) is 3.05. The van der Waals surface area contributed by atoms with E-state index in [2.05, 4.69) is 15.0 Å². The van der Waals surface area contributed by atoms with Gasteiger partial charge in [0.2, 0.25) is 0 Å². The molecule has 1 aromatic heterocycles. The van der Waals surface area contributed by atoms with Crippen molar-refractivity contribution < 1.29 is 9.53 Å². The molecule has 0 fully saturated rings. The number of carbonyl (C=O) groups is 1. The Morgan fingerprint density at radius 2 is 1.70 bits per heavy atom. The fourth-order valence-corrected chi connectivity index (χ4v) is 2.22. The van der Waals surface area contributed by atoms with E-state index in [9.17, 15) is 4.79 Å². The molecule has 0 aliphatic heterocycles. The number of ether oxygens (including phenoxy) is 1. The molecule has 3 rings (SSSR count). The summed E-state index contributed by atoms with van der Waals surface area (Å²) in [5.41, 5.74) is 3.22. The second-order valence-corrected chi connectivity index (χ2v) is 4.79. The fraction of sp³-hybridized carbons (Fsp3) is 0.0556. The van der Waals surface area contributed by atoms with Crippen molar-refractivity contribution in [1.82, 2.24) is 15.0 Å². The monoisotopic (exact) mass is 305 g/mol. The first-order valence-electron chi connectivity index (χ1n) is 7.12. The van der Waals surface area contributed by atoms with Crippen molar-refractivity contribution >= 4 is 12.0 Å². The van der Waals surface area contributed by atoms with Crippen LogP contribution < -0.4 is 0 Å². The van der Waals surface area contributed by atoms with E-state index in [0.29, 0.717) is 11.4 Å². The van der Waals surface area contributed by atoms with Crippen molar-refractivity contribution in [3.05, 3.63) is 72.4 Å². The molecule has 0 N–H and O–H groups in total. The molecule has 0 bridgehead atoms. The quantitative estimate of drug-likeness (QED) is 0.549. The van der Waals surface area contributed by atoms with Gasteiger partial charge in [0.15, 0.2) is 0 Å². The van der Waals surface area contributed by atoms with Gasteiger partial charge < -0.3 is 4.74 Å². The number of hydrogen-bond donors (Lipinski definition) is 0. The minimum absolute atomic E-state index is 0.426. The summed E-state index contributed by atoms with van der Waals surface area (Å²) in [5.74, 6) is -0.426. The SMILES string of the molecule is COC(=O)/C=C/c1c(-c2ccccc2)nnn1-c1ccccc1. The number of rotatable bonds is 4. The van der Waals surface area contributed by atoms with Crippen LogP contribution >= 0.6 is 0 Å². The van der Waals surface area contributed by atoms with E-state index in [-0.39, 0.29) is 0 Å². The number of nitrogens with zero attached hydrogens (tertiary/aromatic N) is 3. The Hall–Kier alpha value is -3.21. The Balaban J connectivity index is 2.13. The Morgan fingerprint density at radius 3 is 2.35 bits per heavy atom. The smallest absolute Gasteiger partial charge is 0.330 e. The molecular weight excluding hydrogens is 290 g/mol. The van der Waals surface area contributed by atoms with Crippen LogP contribution in [0.15, 0.2) is 66.7 Å². The van der Waals surface area contributed by atoms with Gasteiger partial charge in [-0.15, -0.1) is 5.10 Å². The maximum Gasteiger partial charge on any atom is 0.330 e. The highest BCUT2D eigenvalue weighted by Gasteiger charge is 2.13. The van der Waals surface area contributed by atoms with Crippen LogP contribution in [0.2, 0.25) is 0 Å². The van der Waals surface area contributed by atoms with Gasteiger partial charge in [0, 0.05) is 11.6 Å². The lowest BCUT2D eigenvalue weighted by atomic mass is 10.1. The maximum atomic E-state index is 11.4. The molecule has 0 radical (unpaired) electrons. The van der Waals surface area contributed by atoms with E-state index >= 15 is 0 Å². The summed E-state index contributed by atoms with van der Waals surface area (Å²) >= 11 is 0. The first-order chi connectivity index (χ1) is 11.3. The summed E-state index contributed by atoms with van der Waals surface area (Å²) in [6.45, 7) is 0. The number of aromatic nitrogens is 3. The third kappa shape index (κ3) is 3.18. The second-order valence-electron chi connectivity index (χ2n) is 4.79. The molecule has 0 aliphatic carbocycles. The lowest BCUT2D eigenvalue weighted by Crippen LogP contribution is -2.00. The van der Waals surface area contributed by atoms with E-state index < -0.39 is 5.97 Å². The van der Waals surface area contributed by atoms with E-state index in [1.165, 1.54) is 13.2 Å². The van der Waals surface area contributed by atoms with Crippen LogP contribution in [0, 0.1) is 0 Å². The van der Waals surface area contributed by atoms with Gasteiger partial charge >= 0.3 is 5.97 Å². The van der Waals surface area contributed by atoms with Crippen molar-refractivity contribution in [2.75, 3.05) is 7.11 Å². The molecule has 3 aromatic rings. The molecule has 0 saturated carbocycles. The van der Waals surface area contributed by atoms with Crippen molar-refractivity contribution in [1.29, 1.82) is 0 Å². The van der Waals surface area contributed by atoms with Gasteiger partial charge in [-0.2, -0.15) is 0 Å². The molecule has 0 amide bonds. The molecular formula is C18H15N3O2. The number of esters is 1. The van der Waals surface area contributed by atoms with Crippen molar-refractivity contribution in [3.8, 4) is 16.9 Å². The van der Waals surface area contributed by atoms with Crippen molar-refractivity contribution in [2.24, 2.45) is 0 Å². The molecule has 5 nitrogen and oxygen atoms in total. The number of para-hydroxylation sites is 1. The van der Waals surface area contributed by atoms with Gasteiger partial charge in [0.1, 0.15) is 5.69 Å². The van der Waals surface area contributed by atoms with Crippen LogP contribution in [-0.2, 0) is 9.53 Å². The summed E-state index contributed by atoms with van der Waals surface area (Å²) in [4.78, 5) is 11.4. The fourth-order valence-electron chi connectivity index (χ4n) is 2.22. The van der Waals surface area contributed by atoms with E-state index in [4.69, 9.17) is 0 Å². The molecule has 0 atom stereocenters. The molecule has 0 spiro atoms. The van der Waals surface area contributed by atoms with E-state index in [0.717, 1.165) is 11.3 Å². The predicted molar refractivity (Wildman–Crippen MR) is 87.8 cm³/mol. The normalized spacial score (nSPS) is 10.8. The van der Waals surface area contributed by atoms with Crippen molar-refractivity contribution in [3.63, 3.8) is 0 Å². The summed E-state index contributed by atoms with van der Waals surface area (Å²) in [6, 6.07) is 19.4. The summed E-state index contributed by atoms with van der Waals surface area (Å²) in [7, 11) is 1.34. The van der Waals surface area contributed by atoms with Gasteiger partial charge in [-0.25, -0.2) is 9.48 Å². The van der Waals surface area contributed by atoms with Crippen LogP contribution in [0.1, 0.15) is 5.69 Å². The Labute approximate surface area is 133 Å². The average molecular weight is 305 g/mol. The molecule has 23 heavy (non-hydrogen) atoms. The zero-order valence-corrected chi connectivity index (χ0v) is 12.6. The largest absolute Gasteiger partial charge is 0.466 e. The molecule has 0 saturated heterocycles. The molecule has 2 aromatic carbocycles. The lowest BCUT2D eigenvalue weighted by molar-refractivity contribution is -0.134. The minimum Gasteiger partial charge on any atom is -0.466 e. The summed E-state index contributed by atoms with van der Waals surface area (Å²) in [6.07, 6.45) is 3.03. The number of methoxy groups -OCH3 is 1. The molecule has 0 aliphatic rings. The third-order valence-electron chi connectivity index (χ3n) is 3.33. The first kappa shape index (κ1) is 14.7. The predicted octanol–water partition coefficient (Wildman–Crippen LogP) is 3.12. The van der Waals surface area contributed by atoms with Crippen LogP contribution in [0.4, 0.5) is 0 Å². The Kier molecular flexibility index (Phi) is 4.29. The number of hydrogen-bond acceptors (Lipinski definition) is 4. The summed E-state index contributed by atoms with van der Waals surface area (Å²) < 4.78 is 6.36. The molecule has 1 heterocycles. The van der Waals surface area contributed by atoms with Gasteiger partial charge in [-0.3, -0.25) is 0 Å². The summed E-state index contributed by atoms with van der Waals surface area (Å²) in [5, 5.41) is 8.51. The Bertz CT molecular complexity index is 767. The van der Waals surface area contributed by atoms with Gasteiger partial charge in [-0.1, -0.05) is 53.7 Å². The van der Waals surface area contributed by atoms with Crippen LogP contribution in [-0.4, -0.2) is 28.1 Å². The number of benzene rings is 2. The van der Waals surface area contributed by atoms with Gasteiger partial charge in [-0.05, 0) is 18.2 Å². The van der Waals surface area contributed by atoms with Crippen molar-refractivity contribution in [2.45, 2.75) is 0 Å². The Morgan fingerprint density at radius 1 is 1.04 bits per heavy atom. The van der Waals surface area contributed by atoms with Gasteiger partial charge in [0.05, 0.1) is 18.5 Å². The molecule has 0 unspecified atom stereocenters. The number of carbonyl (C=O) groups excluding carboxylic acids is 1. The second kappa shape index (κ2) is 6.70. The third-order valence-corrected chi connectivity index (χ3v) is 3.33.